The molecule has 0 saturated heterocycles. The highest BCUT2D eigenvalue weighted by molar-refractivity contribution is 6.12. The van der Waals surface area contributed by atoms with Gasteiger partial charge in [-0.3, -0.25) is 35.3 Å². The average Bonchev–Trinajstić information content (AvgIpc) is 3.49. The number of para-hydroxylation sites is 1. The zero-order valence-electron chi connectivity index (χ0n) is 30.7. The summed E-state index contributed by atoms with van der Waals surface area (Å²) < 4.78 is 21.3. The highest BCUT2D eigenvalue weighted by Gasteiger charge is 2.31. The lowest BCUT2D eigenvalue weighted by Gasteiger charge is -2.21. The maximum absolute atomic E-state index is 14.3. The van der Waals surface area contributed by atoms with Gasteiger partial charge in [0, 0.05) is 23.5 Å². The van der Waals surface area contributed by atoms with Gasteiger partial charge in [0.05, 0.1) is 47.3 Å². The van der Waals surface area contributed by atoms with Crippen molar-refractivity contribution in [3.8, 4) is 22.4 Å². The number of aliphatic hydroxyl groups excluding tert-OH is 2. The predicted molar refractivity (Wildman–Crippen MR) is 196 cm³/mol. The fourth-order valence-corrected chi connectivity index (χ4v) is 6.36. The lowest BCUT2D eigenvalue weighted by molar-refractivity contribution is -0.506. The first-order chi connectivity index (χ1) is 26.3. The fraction of sp³-hybridized carbons (Fsp3) is 0.385. The maximum Gasteiger partial charge on any atom is 0.308 e. The van der Waals surface area contributed by atoms with Crippen LogP contribution in [-0.2, 0) is 25.8 Å². The molecule has 1 amide bonds. The number of hydrogen-bond acceptors (Lipinski definition) is 13. The molecule has 3 atom stereocenters. The minimum Gasteiger partial charge on any atom is -0.463 e. The van der Waals surface area contributed by atoms with E-state index in [2.05, 4.69) is 10.2 Å². The maximum atomic E-state index is 14.3. The molecule has 0 bridgehead atoms. The number of benzene rings is 3. The number of anilines is 1. The topological polar surface area (TPSA) is 207 Å². The first-order valence-electron chi connectivity index (χ1n) is 17.9. The summed E-state index contributed by atoms with van der Waals surface area (Å²) in [5.74, 6) is -1.75. The Labute approximate surface area is 318 Å². The van der Waals surface area contributed by atoms with Gasteiger partial charge in [-0.25, -0.2) is 9.23 Å². The van der Waals surface area contributed by atoms with E-state index in [0.717, 1.165) is 5.56 Å². The van der Waals surface area contributed by atoms with E-state index in [1.54, 1.807) is 24.3 Å². The van der Waals surface area contributed by atoms with E-state index in [1.807, 2.05) is 66.9 Å². The second kappa shape index (κ2) is 21.5. The molecule has 0 aliphatic rings. The fourth-order valence-electron chi connectivity index (χ4n) is 6.36. The number of aromatic nitrogens is 1. The lowest BCUT2D eigenvalue weighted by atomic mass is 9.94. The molecule has 3 aromatic carbocycles. The Hall–Kier alpha value is -4.59. The molecule has 16 heteroatoms. The molecule has 1 heterocycles. The van der Waals surface area contributed by atoms with E-state index in [-0.39, 0.29) is 50.8 Å². The Bertz CT molecular complexity index is 1770. The quantitative estimate of drug-likeness (QED) is 0.0265. The van der Waals surface area contributed by atoms with Gasteiger partial charge in [0.1, 0.15) is 18.5 Å². The third-order valence-corrected chi connectivity index (χ3v) is 8.72. The van der Waals surface area contributed by atoms with Crippen LogP contribution in [0.25, 0.3) is 22.4 Å². The van der Waals surface area contributed by atoms with Crippen LogP contribution in [0.1, 0.15) is 74.3 Å². The number of amides is 1. The van der Waals surface area contributed by atoms with Crippen LogP contribution in [0.3, 0.4) is 0 Å². The Balaban J connectivity index is 1.53. The van der Waals surface area contributed by atoms with Crippen molar-refractivity contribution in [2.45, 2.75) is 83.1 Å². The summed E-state index contributed by atoms with van der Waals surface area (Å²) in [5.41, 5.74) is 4.46. The third kappa shape index (κ3) is 13.3. The van der Waals surface area contributed by atoms with Crippen LogP contribution >= 0.6 is 0 Å². The van der Waals surface area contributed by atoms with Crippen molar-refractivity contribution >= 4 is 17.6 Å². The predicted octanol–water partition coefficient (Wildman–Crippen LogP) is 6.34. The Morgan fingerprint density at radius 2 is 1.47 bits per heavy atom. The number of nitrogens with one attached hydrogen (secondary N) is 1. The van der Waals surface area contributed by atoms with Crippen molar-refractivity contribution in [3.63, 3.8) is 0 Å². The van der Waals surface area contributed by atoms with E-state index in [4.69, 9.17) is 30.4 Å². The summed E-state index contributed by atoms with van der Waals surface area (Å²) in [7, 11) is 0. The number of esters is 1. The lowest BCUT2D eigenvalue weighted by Crippen LogP contribution is -2.30. The monoisotopic (exact) mass is 768 g/mol. The number of aliphatic hydroxyl groups is 2. The van der Waals surface area contributed by atoms with Gasteiger partial charge < -0.3 is 24.8 Å². The van der Waals surface area contributed by atoms with Gasteiger partial charge in [-0.1, -0.05) is 62.4 Å². The van der Waals surface area contributed by atoms with Gasteiger partial charge in [0.15, 0.2) is 0 Å². The first-order valence-corrected chi connectivity index (χ1v) is 17.9. The van der Waals surface area contributed by atoms with Crippen LogP contribution in [-0.4, -0.2) is 89.8 Å². The molecule has 0 radical (unpaired) electrons. The number of unbranched alkanes of at least 4 members (excludes halogenated alkanes) is 1. The van der Waals surface area contributed by atoms with Crippen LogP contribution in [0.4, 0.5) is 10.1 Å². The normalized spacial score (nSPS) is 13.3. The van der Waals surface area contributed by atoms with Crippen molar-refractivity contribution in [1.82, 2.24) is 15.3 Å². The van der Waals surface area contributed by atoms with Crippen molar-refractivity contribution < 1.29 is 59.4 Å². The van der Waals surface area contributed by atoms with Crippen molar-refractivity contribution in [1.29, 1.82) is 0 Å². The van der Waals surface area contributed by atoms with Crippen molar-refractivity contribution in [3.05, 3.63) is 102 Å². The third-order valence-electron chi connectivity index (χ3n) is 8.72. The molecule has 0 aliphatic carbocycles. The molecule has 7 N–H and O–H groups in total. The number of halogens is 1. The zero-order chi connectivity index (χ0) is 39.9. The largest absolute Gasteiger partial charge is 0.463 e. The molecule has 298 valence electrons. The standard InChI is InChI=1S/C39H49FN4O11/c1-26(2)37-36(39(48)41-30-13-7-4-8-14-30)35(27-11-5-3-6-12-27)38(28-16-18-29(40)19-17-28)42(37)21-20-31(45)23-32(46)24-34(47)53-25-33(55-44(51)52)15-9-10-22-54-43(49)50/h3-8,11-14,16-19,26,31-33,45-46,49-52H,9-10,15,20-25H2,1-2H3,(H,41,48)/t31-,32?,33?/m1/s1. The molecule has 4 aromatic rings. The molecule has 4 rings (SSSR count). The number of carbonyl (C=O) groups is 2. The number of nitrogens with zero attached hydrogens (tertiary/aromatic N) is 3. The summed E-state index contributed by atoms with van der Waals surface area (Å²) in [5, 5.41) is 59.2. The number of hydrogen-bond donors (Lipinski definition) is 7. The molecule has 55 heavy (non-hydrogen) atoms. The van der Waals surface area contributed by atoms with Crippen molar-refractivity contribution in [2.75, 3.05) is 18.5 Å². The Morgan fingerprint density at radius 3 is 2.09 bits per heavy atom. The van der Waals surface area contributed by atoms with E-state index < -0.39 is 47.3 Å². The second-order valence-corrected chi connectivity index (χ2v) is 13.3. The van der Waals surface area contributed by atoms with E-state index in [1.165, 1.54) is 12.1 Å². The molecule has 0 aliphatic heterocycles. The van der Waals surface area contributed by atoms with Gasteiger partial charge in [0.25, 0.3) is 5.91 Å². The molecule has 0 spiro atoms. The van der Waals surface area contributed by atoms with Gasteiger partial charge in [-0.15, -0.1) is 0 Å². The smallest absolute Gasteiger partial charge is 0.308 e. The van der Waals surface area contributed by atoms with Crippen LogP contribution < -0.4 is 5.32 Å². The van der Waals surface area contributed by atoms with Gasteiger partial charge in [-0.05, 0) is 85.5 Å². The van der Waals surface area contributed by atoms with Gasteiger partial charge in [-0.2, -0.15) is 0 Å². The summed E-state index contributed by atoms with van der Waals surface area (Å²) in [6, 6.07) is 24.5. The summed E-state index contributed by atoms with van der Waals surface area (Å²) in [6.07, 6.45) is -3.00. The van der Waals surface area contributed by atoms with Crippen molar-refractivity contribution in [2.24, 2.45) is 0 Å². The first kappa shape index (κ1) is 43.1. The van der Waals surface area contributed by atoms with E-state index in [0.29, 0.717) is 46.6 Å². The average molecular weight is 769 g/mol. The molecule has 0 saturated carbocycles. The number of rotatable bonds is 22. The Morgan fingerprint density at radius 1 is 0.818 bits per heavy atom. The Kier molecular flexibility index (Phi) is 16.9. The minimum atomic E-state index is -1.29. The summed E-state index contributed by atoms with van der Waals surface area (Å²) in [6.45, 7) is 3.69. The number of ether oxygens (including phenoxy) is 1. The van der Waals surface area contributed by atoms with E-state index in [9.17, 15) is 24.2 Å². The molecule has 15 nitrogen and oxygen atoms in total. The summed E-state index contributed by atoms with van der Waals surface area (Å²) >= 11 is 0. The SMILES string of the molecule is CC(C)c1c(C(=O)Nc2ccccc2)c(-c2ccccc2)c(-c2ccc(F)cc2)n1CC[C@@H](O)CC(O)CC(=O)OCC(CCCCON(O)O)ON(O)O. The van der Waals surface area contributed by atoms with Crippen LogP contribution in [0.15, 0.2) is 84.9 Å². The van der Waals surface area contributed by atoms with Gasteiger partial charge in [0.2, 0.25) is 0 Å². The van der Waals surface area contributed by atoms with Crippen LogP contribution in [0.5, 0.6) is 0 Å². The number of carbonyl (C=O) groups excluding carboxylic acids is 2. The molecular formula is C39H49FN4O11. The highest BCUT2D eigenvalue weighted by Crippen LogP contribution is 2.42. The zero-order valence-corrected chi connectivity index (χ0v) is 30.7. The second-order valence-electron chi connectivity index (χ2n) is 13.3. The molecule has 2 unspecified atom stereocenters. The minimum absolute atomic E-state index is 0.0500. The summed E-state index contributed by atoms with van der Waals surface area (Å²) in [4.78, 5) is 36.1. The highest BCUT2D eigenvalue weighted by atomic mass is 19.1. The van der Waals surface area contributed by atoms with E-state index >= 15 is 0 Å². The van der Waals surface area contributed by atoms with Crippen LogP contribution in [0.2, 0.25) is 0 Å². The van der Waals surface area contributed by atoms with Crippen LogP contribution in [0, 0.1) is 5.82 Å². The molecular weight excluding hydrogens is 719 g/mol. The molecule has 1 aromatic heterocycles. The van der Waals surface area contributed by atoms with Gasteiger partial charge >= 0.3 is 5.97 Å². The molecule has 0 fully saturated rings.